The van der Waals surface area contributed by atoms with Gasteiger partial charge in [-0.25, -0.2) is 9.07 Å². The molecule has 1 aromatic carbocycles. The number of aromatic nitrogens is 2. The van der Waals surface area contributed by atoms with Gasteiger partial charge in [-0.3, -0.25) is 4.90 Å². The van der Waals surface area contributed by atoms with Crippen LogP contribution >= 0.6 is 0 Å². The Morgan fingerprint density at radius 3 is 2.71 bits per heavy atom. The lowest BCUT2D eigenvalue weighted by Gasteiger charge is -2.27. The number of aliphatic hydroxyl groups is 1. The van der Waals surface area contributed by atoms with Gasteiger partial charge in [0.1, 0.15) is 5.82 Å². The Bertz CT molecular complexity index is 710. The molecule has 0 spiro atoms. The quantitative estimate of drug-likeness (QED) is 0.936. The van der Waals surface area contributed by atoms with E-state index in [0.717, 1.165) is 37.3 Å². The zero-order valence-corrected chi connectivity index (χ0v) is 14.1. The Morgan fingerprint density at radius 1 is 1.29 bits per heavy atom. The minimum atomic E-state index is -0.872. The summed E-state index contributed by atoms with van der Waals surface area (Å²) in [5, 5.41) is 15.4. The van der Waals surface area contributed by atoms with E-state index in [2.05, 4.69) is 16.6 Å². The second-order valence-corrected chi connectivity index (χ2v) is 6.57. The molecule has 0 unspecified atom stereocenters. The third-order valence-electron chi connectivity index (χ3n) is 4.89. The van der Waals surface area contributed by atoms with Gasteiger partial charge in [-0.2, -0.15) is 5.10 Å². The second-order valence-electron chi connectivity index (χ2n) is 6.57. The van der Waals surface area contributed by atoms with Crippen LogP contribution in [-0.4, -0.2) is 32.9 Å². The van der Waals surface area contributed by atoms with Gasteiger partial charge in [-0.05, 0) is 50.4 Å². The predicted molar refractivity (Wildman–Crippen MR) is 92.8 cm³/mol. The van der Waals surface area contributed by atoms with Crippen LogP contribution in [0, 0.1) is 12.7 Å². The van der Waals surface area contributed by atoms with Crippen LogP contribution < -0.4 is 0 Å². The van der Waals surface area contributed by atoms with Crippen LogP contribution in [-0.2, 0) is 12.1 Å². The molecule has 128 valence electrons. The first-order valence-electron chi connectivity index (χ1n) is 8.38. The fourth-order valence-corrected chi connectivity index (χ4v) is 3.39. The number of hydrogen-bond donors (Lipinski definition) is 1. The molecule has 0 aliphatic carbocycles. The number of halogens is 1. The molecular weight excluding hydrogens is 305 g/mol. The fourth-order valence-electron chi connectivity index (χ4n) is 3.39. The van der Waals surface area contributed by atoms with E-state index in [1.54, 1.807) is 23.0 Å². The maximum absolute atomic E-state index is 13.1. The van der Waals surface area contributed by atoms with Crippen LogP contribution in [0.3, 0.4) is 0 Å². The molecule has 1 saturated heterocycles. The van der Waals surface area contributed by atoms with Crippen molar-refractivity contribution in [3.63, 3.8) is 0 Å². The van der Waals surface area contributed by atoms with E-state index in [1.165, 1.54) is 17.7 Å². The lowest BCUT2D eigenvalue weighted by molar-refractivity contribution is 0.0209. The minimum absolute atomic E-state index is 0.271. The fraction of sp³-hybridized carbons (Fsp3) is 0.421. The van der Waals surface area contributed by atoms with Gasteiger partial charge >= 0.3 is 0 Å². The van der Waals surface area contributed by atoms with Gasteiger partial charge < -0.3 is 5.11 Å². The highest BCUT2D eigenvalue weighted by atomic mass is 19.1. The monoisotopic (exact) mass is 329 g/mol. The van der Waals surface area contributed by atoms with Crippen LogP contribution in [0.4, 0.5) is 4.39 Å². The summed E-state index contributed by atoms with van der Waals surface area (Å²) in [6.45, 7) is 8.28. The summed E-state index contributed by atoms with van der Waals surface area (Å²) < 4.78 is 14.9. The molecule has 1 aliphatic heterocycles. The summed E-state index contributed by atoms with van der Waals surface area (Å²) >= 11 is 0. The van der Waals surface area contributed by atoms with Gasteiger partial charge in [0.15, 0.2) is 0 Å². The highest BCUT2D eigenvalue weighted by Gasteiger charge is 2.32. The van der Waals surface area contributed by atoms with Crippen LogP contribution in [0.5, 0.6) is 0 Å². The predicted octanol–water partition coefficient (Wildman–Crippen LogP) is 3.30. The molecule has 4 nitrogen and oxygen atoms in total. The van der Waals surface area contributed by atoms with Gasteiger partial charge in [-0.1, -0.05) is 18.7 Å². The Labute approximate surface area is 142 Å². The van der Waals surface area contributed by atoms with Crippen molar-refractivity contribution in [1.29, 1.82) is 0 Å². The topological polar surface area (TPSA) is 41.3 Å². The van der Waals surface area contributed by atoms with Crippen LogP contribution in [0.25, 0.3) is 6.20 Å². The number of rotatable bonds is 4. The largest absolute Gasteiger partial charge is 0.385 e. The van der Waals surface area contributed by atoms with Crippen molar-refractivity contribution < 1.29 is 9.50 Å². The van der Waals surface area contributed by atoms with Gasteiger partial charge in [0.25, 0.3) is 0 Å². The van der Waals surface area contributed by atoms with Gasteiger partial charge in [0.2, 0.25) is 0 Å². The van der Waals surface area contributed by atoms with Crippen molar-refractivity contribution in [3.05, 3.63) is 59.7 Å². The first kappa shape index (κ1) is 16.9. The van der Waals surface area contributed by atoms with Crippen molar-refractivity contribution in [1.82, 2.24) is 14.7 Å². The van der Waals surface area contributed by atoms with Gasteiger partial charge in [-0.15, -0.1) is 0 Å². The molecule has 5 heteroatoms. The van der Waals surface area contributed by atoms with E-state index >= 15 is 0 Å². The summed E-state index contributed by atoms with van der Waals surface area (Å²) in [7, 11) is 0. The molecule has 2 aromatic rings. The number of nitrogens with zero attached hydrogens (tertiary/aromatic N) is 3. The lowest BCUT2D eigenvalue weighted by atomic mass is 9.87. The average Bonchev–Trinajstić information content (AvgIpc) is 2.81. The van der Waals surface area contributed by atoms with E-state index in [-0.39, 0.29) is 5.82 Å². The van der Waals surface area contributed by atoms with E-state index in [4.69, 9.17) is 0 Å². The third-order valence-corrected chi connectivity index (χ3v) is 4.89. The van der Waals surface area contributed by atoms with Crippen LogP contribution in [0.1, 0.15) is 36.1 Å². The highest BCUT2D eigenvalue weighted by Crippen LogP contribution is 2.33. The Morgan fingerprint density at radius 2 is 2.04 bits per heavy atom. The van der Waals surface area contributed by atoms with E-state index in [0.29, 0.717) is 12.8 Å². The van der Waals surface area contributed by atoms with Crippen LogP contribution in [0.15, 0.2) is 37.0 Å². The highest BCUT2D eigenvalue weighted by molar-refractivity contribution is 5.25. The first-order valence-corrected chi connectivity index (χ1v) is 8.38. The Hall–Kier alpha value is -1.98. The first-order chi connectivity index (χ1) is 11.5. The smallest absolute Gasteiger partial charge is 0.123 e. The molecular formula is C19H24FN3O. The summed E-state index contributed by atoms with van der Waals surface area (Å²) in [5.74, 6) is -0.271. The maximum atomic E-state index is 13.1. The molecule has 1 aromatic heterocycles. The molecule has 3 rings (SSSR count). The molecule has 1 N–H and O–H groups in total. The molecule has 0 saturated carbocycles. The standard InChI is InChI=1S/C19H24FN3O/c1-3-23-14-16(15(2)21-23)13-22-11-4-9-19(24,10-12-22)17-5-7-18(20)8-6-17/h3,5-8,14,24H,1,4,9-13H2,2H3/t19-/m1/s1. The summed E-state index contributed by atoms with van der Waals surface area (Å²) in [4.78, 5) is 2.35. The molecule has 1 fully saturated rings. The second kappa shape index (κ2) is 6.87. The summed E-state index contributed by atoms with van der Waals surface area (Å²) in [6, 6.07) is 6.23. The minimum Gasteiger partial charge on any atom is -0.385 e. The van der Waals surface area contributed by atoms with Crippen molar-refractivity contribution in [2.24, 2.45) is 0 Å². The van der Waals surface area contributed by atoms with E-state index in [1.807, 2.05) is 13.1 Å². The van der Waals surface area contributed by atoms with Crippen molar-refractivity contribution in [2.45, 2.75) is 38.3 Å². The average molecular weight is 329 g/mol. The molecule has 1 aliphatic rings. The number of benzene rings is 1. The zero-order valence-electron chi connectivity index (χ0n) is 14.1. The van der Waals surface area contributed by atoms with E-state index in [9.17, 15) is 9.50 Å². The molecule has 1 atom stereocenters. The van der Waals surface area contributed by atoms with Crippen molar-refractivity contribution in [2.75, 3.05) is 13.1 Å². The lowest BCUT2D eigenvalue weighted by Crippen LogP contribution is -2.29. The Kier molecular flexibility index (Phi) is 4.83. The summed E-state index contributed by atoms with van der Waals surface area (Å²) in [6.07, 6.45) is 5.93. The molecule has 2 heterocycles. The molecule has 0 bridgehead atoms. The normalized spacial score (nSPS) is 22.3. The van der Waals surface area contributed by atoms with Crippen molar-refractivity contribution >= 4 is 6.20 Å². The number of likely N-dealkylation sites (tertiary alicyclic amines) is 1. The van der Waals surface area contributed by atoms with Crippen LogP contribution in [0.2, 0.25) is 0 Å². The van der Waals surface area contributed by atoms with Gasteiger partial charge in [0, 0.05) is 31.0 Å². The molecule has 0 radical (unpaired) electrons. The zero-order chi connectivity index (χ0) is 17.2. The number of hydrogen-bond acceptors (Lipinski definition) is 3. The SMILES string of the molecule is C=Cn1cc(CN2CCC[C@](O)(c3ccc(F)cc3)CC2)c(C)n1. The maximum Gasteiger partial charge on any atom is 0.123 e. The third kappa shape index (κ3) is 3.57. The van der Waals surface area contributed by atoms with Gasteiger partial charge in [0.05, 0.1) is 11.3 Å². The Balaban J connectivity index is 1.69. The molecule has 24 heavy (non-hydrogen) atoms. The summed E-state index contributed by atoms with van der Waals surface area (Å²) in [5.41, 5.74) is 2.12. The number of aryl methyl sites for hydroxylation is 1. The van der Waals surface area contributed by atoms with Crippen molar-refractivity contribution in [3.8, 4) is 0 Å². The molecule has 0 amide bonds. The van der Waals surface area contributed by atoms with E-state index < -0.39 is 5.60 Å².